The van der Waals surface area contributed by atoms with Crippen LogP contribution in [0.2, 0.25) is 0 Å². The van der Waals surface area contributed by atoms with E-state index in [2.05, 4.69) is 5.32 Å². The first-order chi connectivity index (χ1) is 11.0. The number of nitro benzene ring substituents is 1. The highest BCUT2D eigenvalue weighted by molar-refractivity contribution is 5.89. The lowest BCUT2D eigenvalue weighted by Crippen LogP contribution is -2.32. The summed E-state index contributed by atoms with van der Waals surface area (Å²) in [5.41, 5.74) is 1.14. The molecule has 2 amide bonds. The molecular weight excluding hydrogens is 298 g/mol. The van der Waals surface area contributed by atoms with Crippen LogP contribution in [0.3, 0.4) is 0 Å². The molecule has 0 radical (unpaired) electrons. The molecule has 0 aromatic heterocycles. The van der Waals surface area contributed by atoms with Crippen molar-refractivity contribution < 1.29 is 14.5 Å². The third-order valence-corrected chi connectivity index (χ3v) is 4.05. The molecule has 1 heterocycles. The fourth-order valence-corrected chi connectivity index (χ4v) is 2.63. The molecule has 1 atom stereocenters. The number of rotatable bonds is 7. The second-order valence-electron chi connectivity index (χ2n) is 5.85. The van der Waals surface area contributed by atoms with Crippen LogP contribution in [0.1, 0.15) is 24.8 Å². The number of hydrogen-bond acceptors (Lipinski definition) is 4. The highest BCUT2D eigenvalue weighted by Gasteiger charge is 2.31. The number of aryl methyl sites for hydroxylation is 1. The lowest BCUT2D eigenvalue weighted by molar-refractivity contribution is -0.384. The molecule has 1 aliphatic heterocycles. The van der Waals surface area contributed by atoms with Crippen molar-refractivity contribution in [1.29, 1.82) is 0 Å². The van der Waals surface area contributed by atoms with E-state index in [1.54, 1.807) is 24.1 Å². The van der Waals surface area contributed by atoms with E-state index in [0.29, 0.717) is 19.5 Å². The smallest absolute Gasteiger partial charge is 0.269 e. The van der Waals surface area contributed by atoms with Crippen LogP contribution in [0.25, 0.3) is 0 Å². The standard InChI is InChI=1S/C16H21N3O4/c1-18-11-13(10-15(18)20)16(21)17-9-3-2-4-12-5-7-14(8-6-12)19(22)23/h5-8,13H,2-4,9-11H2,1H3,(H,17,21)/t13-/m1/s1. The van der Waals surface area contributed by atoms with Crippen molar-refractivity contribution in [3.05, 3.63) is 39.9 Å². The average molecular weight is 319 g/mol. The van der Waals surface area contributed by atoms with Gasteiger partial charge in [0.15, 0.2) is 0 Å². The zero-order valence-corrected chi connectivity index (χ0v) is 13.2. The summed E-state index contributed by atoms with van der Waals surface area (Å²) < 4.78 is 0. The average Bonchev–Trinajstić information content (AvgIpc) is 2.87. The topological polar surface area (TPSA) is 92.6 Å². The maximum absolute atomic E-state index is 11.9. The van der Waals surface area contributed by atoms with Crippen molar-refractivity contribution in [3.63, 3.8) is 0 Å². The molecule has 0 aliphatic carbocycles. The summed E-state index contributed by atoms with van der Waals surface area (Å²) in [6, 6.07) is 6.53. The summed E-state index contributed by atoms with van der Waals surface area (Å²) in [4.78, 5) is 35.0. The van der Waals surface area contributed by atoms with Gasteiger partial charge in [-0.3, -0.25) is 19.7 Å². The highest BCUT2D eigenvalue weighted by Crippen LogP contribution is 2.16. The molecule has 7 heteroatoms. The second-order valence-corrected chi connectivity index (χ2v) is 5.85. The summed E-state index contributed by atoms with van der Waals surface area (Å²) in [6.07, 6.45) is 2.84. The number of likely N-dealkylation sites (tertiary alicyclic amines) is 1. The van der Waals surface area contributed by atoms with Gasteiger partial charge in [0.1, 0.15) is 0 Å². The van der Waals surface area contributed by atoms with Gasteiger partial charge in [-0.15, -0.1) is 0 Å². The molecule has 0 spiro atoms. The molecule has 124 valence electrons. The van der Waals surface area contributed by atoms with E-state index < -0.39 is 4.92 Å². The maximum Gasteiger partial charge on any atom is 0.269 e. The van der Waals surface area contributed by atoms with Gasteiger partial charge in [-0.05, 0) is 24.8 Å². The molecule has 0 bridgehead atoms. The number of nitro groups is 1. The van der Waals surface area contributed by atoms with Crippen molar-refractivity contribution >= 4 is 17.5 Å². The summed E-state index contributed by atoms with van der Waals surface area (Å²) in [5, 5.41) is 13.4. The molecule has 7 nitrogen and oxygen atoms in total. The van der Waals surface area contributed by atoms with Crippen LogP contribution in [0, 0.1) is 16.0 Å². The van der Waals surface area contributed by atoms with E-state index in [4.69, 9.17) is 0 Å². The zero-order valence-electron chi connectivity index (χ0n) is 13.2. The van der Waals surface area contributed by atoms with Gasteiger partial charge in [-0.2, -0.15) is 0 Å². The van der Waals surface area contributed by atoms with Gasteiger partial charge in [0, 0.05) is 38.7 Å². The first kappa shape index (κ1) is 16.9. The Morgan fingerprint density at radius 2 is 2.04 bits per heavy atom. The normalized spacial score (nSPS) is 17.3. The highest BCUT2D eigenvalue weighted by atomic mass is 16.6. The number of nitrogens with one attached hydrogen (secondary N) is 1. The van der Waals surface area contributed by atoms with E-state index in [-0.39, 0.29) is 23.4 Å². The minimum absolute atomic E-state index is 0.0170. The third kappa shape index (κ3) is 4.77. The lowest BCUT2D eigenvalue weighted by atomic mass is 10.1. The van der Waals surface area contributed by atoms with E-state index in [1.165, 1.54) is 12.1 Å². The van der Waals surface area contributed by atoms with E-state index in [9.17, 15) is 19.7 Å². The van der Waals surface area contributed by atoms with Gasteiger partial charge in [0.25, 0.3) is 5.69 Å². The van der Waals surface area contributed by atoms with Gasteiger partial charge in [0.2, 0.25) is 11.8 Å². The molecule has 1 aromatic rings. The number of non-ortho nitro benzene ring substituents is 1. The molecular formula is C16H21N3O4. The quantitative estimate of drug-likeness (QED) is 0.468. The SMILES string of the molecule is CN1C[C@H](C(=O)NCCCCc2ccc([N+](=O)[O-])cc2)CC1=O. The Morgan fingerprint density at radius 3 is 2.61 bits per heavy atom. The molecule has 1 fully saturated rings. The largest absolute Gasteiger partial charge is 0.356 e. The van der Waals surface area contributed by atoms with Gasteiger partial charge in [-0.25, -0.2) is 0 Å². The van der Waals surface area contributed by atoms with Crippen LogP contribution >= 0.6 is 0 Å². The van der Waals surface area contributed by atoms with E-state index in [0.717, 1.165) is 24.8 Å². The maximum atomic E-state index is 11.9. The third-order valence-electron chi connectivity index (χ3n) is 4.05. The predicted octanol–water partition coefficient (Wildman–Crippen LogP) is 1.51. The summed E-state index contributed by atoms with van der Waals surface area (Å²) in [5.74, 6) is -0.275. The molecule has 0 saturated carbocycles. The summed E-state index contributed by atoms with van der Waals surface area (Å²) >= 11 is 0. The van der Waals surface area contributed by atoms with Crippen LogP contribution in [0.15, 0.2) is 24.3 Å². The number of carbonyl (C=O) groups is 2. The van der Waals surface area contributed by atoms with Crippen molar-refractivity contribution in [1.82, 2.24) is 10.2 Å². The van der Waals surface area contributed by atoms with Gasteiger partial charge < -0.3 is 10.2 Å². The monoisotopic (exact) mass is 319 g/mol. The number of carbonyl (C=O) groups excluding carboxylic acids is 2. The minimum atomic E-state index is -0.412. The Labute approximate surface area is 134 Å². The molecule has 1 N–H and O–H groups in total. The van der Waals surface area contributed by atoms with Crippen LogP contribution in [-0.4, -0.2) is 41.8 Å². The van der Waals surface area contributed by atoms with E-state index in [1.807, 2.05) is 0 Å². The molecule has 1 saturated heterocycles. The Kier molecular flexibility index (Phi) is 5.67. The van der Waals surface area contributed by atoms with Gasteiger partial charge in [-0.1, -0.05) is 12.1 Å². The first-order valence-corrected chi connectivity index (χ1v) is 7.72. The van der Waals surface area contributed by atoms with Gasteiger partial charge >= 0.3 is 0 Å². The Morgan fingerprint density at radius 1 is 1.35 bits per heavy atom. The molecule has 0 unspecified atom stereocenters. The minimum Gasteiger partial charge on any atom is -0.356 e. The number of nitrogens with zero attached hydrogens (tertiary/aromatic N) is 2. The number of unbranched alkanes of at least 4 members (excludes halogenated alkanes) is 1. The Bertz CT molecular complexity index is 585. The van der Waals surface area contributed by atoms with Crippen molar-refractivity contribution in [2.24, 2.45) is 5.92 Å². The molecule has 2 rings (SSSR count). The summed E-state index contributed by atoms with van der Waals surface area (Å²) in [6.45, 7) is 1.08. The zero-order chi connectivity index (χ0) is 16.8. The fraction of sp³-hybridized carbons (Fsp3) is 0.500. The second kappa shape index (κ2) is 7.71. The van der Waals surface area contributed by atoms with Crippen molar-refractivity contribution in [2.75, 3.05) is 20.1 Å². The van der Waals surface area contributed by atoms with Gasteiger partial charge in [0.05, 0.1) is 10.8 Å². The fourth-order valence-electron chi connectivity index (χ4n) is 2.63. The molecule has 23 heavy (non-hydrogen) atoms. The molecule has 1 aromatic carbocycles. The Hall–Kier alpha value is -2.44. The van der Waals surface area contributed by atoms with Crippen LogP contribution < -0.4 is 5.32 Å². The Balaban J connectivity index is 1.63. The first-order valence-electron chi connectivity index (χ1n) is 7.72. The van der Waals surface area contributed by atoms with Crippen LogP contribution in [0.4, 0.5) is 5.69 Å². The van der Waals surface area contributed by atoms with Crippen LogP contribution in [0.5, 0.6) is 0 Å². The molecule has 1 aliphatic rings. The lowest BCUT2D eigenvalue weighted by Gasteiger charge is -2.11. The number of benzene rings is 1. The summed E-state index contributed by atoms with van der Waals surface area (Å²) in [7, 11) is 1.71. The number of hydrogen-bond donors (Lipinski definition) is 1. The van der Waals surface area contributed by atoms with Crippen molar-refractivity contribution in [3.8, 4) is 0 Å². The van der Waals surface area contributed by atoms with Crippen molar-refractivity contribution in [2.45, 2.75) is 25.7 Å². The van der Waals surface area contributed by atoms with E-state index >= 15 is 0 Å². The predicted molar refractivity (Wildman–Crippen MR) is 84.8 cm³/mol. The van der Waals surface area contributed by atoms with Crippen LogP contribution in [-0.2, 0) is 16.0 Å². The number of amides is 2.